The lowest BCUT2D eigenvalue weighted by molar-refractivity contribution is -0.122. The van der Waals surface area contributed by atoms with E-state index in [9.17, 15) is 14.7 Å². The number of likely N-dealkylation sites (N-methyl/N-ethyl adjacent to an activating group) is 1. The molecule has 0 radical (unpaired) electrons. The molecule has 0 saturated carbocycles. The molecular weight excluding hydrogens is 507 g/mol. The number of methoxy groups -OCH3 is 1. The maximum absolute atomic E-state index is 12.8. The summed E-state index contributed by atoms with van der Waals surface area (Å²) in [4.78, 5) is 30.5. The van der Waals surface area contributed by atoms with Gasteiger partial charge < -0.3 is 14.9 Å². The minimum atomic E-state index is -1.04. The second kappa shape index (κ2) is 8.87. The van der Waals surface area contributed by atoms with Crippen LogP contribution < -0.4 is 4.74 Å². The smallest absolute Gasteiger partial charge is 0.335 e. The van der Waals surface area contributed by atoms with Crippen molar-refractivity contribution in [3.8, 4) is 11.5 Å². The van der Waals surface area contributed by atoms with Crippen molar-refractivity contribution in [3.63, 3.8) is 0 Å². The van der Waals surface area contributed by atoms with Crippen LogP contribution in [0.4, 0.5) is 5.69 Å². The second-order valence-corrected chi connectivity index (χ2v) is 8.13. The van der Waals surface area contributed by atoms with E-state index in [0.717, 1.165) is 0 Å². The highest BCUT2D eigenvalue weighted by molar-refractivity contribution is 14.1. The first kappa shape index (κ1) is 21.2. The predicted octanol–water partition coefficient (Wildman–Crippen LogP) is 4.33. The van der Waals surface area contributed by atoms with Crippen molar-refractivity contribution >= 4 is 63.2 Å². The number of carbonyl (C=O) groups is 2. The number of rotatable bonds is 5. The van der Waals surface area contributed by atoms with E-state index in [2.05, 4.69) is 4.99 Å². The molecule has 150 valence electrons. The van der Waals surface area contributed by atoms with Crippen LogP contribution in [0.15, 0.2) is 46.3 Å². The van der Waals surface area contributed by atoms with Crippen molar-refractivity contribution in [3.05, 3.63) is 56.0 Å². The number of amides is 1. The monoisotopic (exact) mass is 524 g/mol. The molecule has 2 aromatic rings. The molecule has 9 heteroatoms. The minimum Gasteiger partial charge on any atom is -0.504 e. The van der Waals surface area contributed by atoms with Gasteiger partial charge in [-0.1, -0.05) is 6.07 Å². The molecule has 7 nitrogen and oxygen atoms in total. The summed E-state index contributed by atoms with van der Waals surface area (Å²) in [6.45, 7) is 2.27. The molecule has 1 amide bonds. The van der Waals surface area contributed by atoms with Gasteiger partial charge in [0.15, 0.2) is 16.7 Å². The molecule has 0 aliphatic carbocycles. The Kier molecular flexibility index (Phi) is 6.48. The number of thioether (sulfide) groups is 1. The molecule has 29 heavy (non-hydrogen) atoms. The topological polar surface area (TPSA) is 99.4 Å². The number of hydrogen-bond donors (Lipinski definition) is 2. The van der Waals surface area contributed by atoms with Crippen LogP contribution in [0.3, 0.4) is 0 Å². The van der Waals surface area contributed by atoms with E-state index in [0.29, 0.717) is 37.2 Å². The first-order chi connectivity index (χ1) is 13.8. The third-order valence-corrected chi connectivity index (χ3v) is 5.92. The largest absolute Gasteiger partial charge is 0.504 e. The van der Waals surface area contributed by atoms with Gasteiger partial charge in [-0.2, -0.15) is 0 Å². The van der Waals surface area contributed by atoms with E-state index >= 15 is 0 Å². The Morgan fingerprint density at radius 2 is 2.10 bits per heavy atom. The highest BCUT2D eigenvalue weighted by Crippen LogP contribution is 2.37. The summed E-state index contributed by atoms with van der Waals surface area (Å²) >= 11 is 3.21. The molecule has 0 atom stereocenters. The van der Waals surface area contributed by atoms with Crippen LogP contribution in [0.1, 0.15) is 22.8 Å². The zero-order valence-corrected chi connectivity index (χ0v) is 18.5. The van der Waals surface area contributed by atoms with Crippen LogP contribution in [0.2, 0.25) is 0 Å². The molecule has 2 N–H and O–H groups in total. The summed E-state index contributed by atoms with van der Waals surface area (Å²) in [6.07, 6.45) is 1.72. The van der Waals surface area contributed by atoms with Crippen LogP contribution >= 0.6 is 34.4 Å². The highest BCUT2D eigenvalue weighted by Gasteiger charge is 2.32. The van der Waals surface area contributed by atoms with E-state index in [1.165, 1.54) is 35.9 Å². The maximum atomic E-state index is 12.8. The predicted molar refractivity (Wildman–Crippen MR) is 121 cm³/mol. The summed E-state index contributed by atoms with van der Waals surface area (Å²) < 4.78 is 5.78. The molecule has 0 spiro atoms. The fraction of sp³-hybridized carbons (Fsp3) is 0.150. The first-order valence-corrected chi connectivity index (χ1v) is 10.4. The third kappa shape index (κ3) is 4.56. The summed E-state index contributed by atoms with van der Waals surface area (Å²) in [5.41, 5.74) is 1.30. The zero-order valence-electron chi connectivity index (χ0n) is 15.5. The molecular formula is C20H17IN2O5S. The van der Waals surface area contributed by atoms with Gasteiger partial charge in [0.05, 0.1) is 26.8 Å². The van der Waals surface area contributed by atoms with Crippen molar-refractivity contribution in [1.29, 1.82) is 0 Å². The number of carboxylic acid groups (broad SMARTS) is 1. The average Bonchev–Trinajstić information content (AvgIpc) is 2.98. The van der Waals surface area contributed by atoms with Gasteiger partial charge in [0.2, 0.25) is 0 Å². The fourth-order valence-corrected chi connectivity index (χ4v) is 4.36. The molecule has 2 aromatic carbocycles. The van der Waals surface area contributed by atoms with Crippen LogP contribution in [-0.4, -0.2) is 45.8 Å². The number of aromatic carboxylic acids is 1. The van der Waals surface area contributed by atoms with E-state index in [1.54, 1.807) is 30.3 Å². The van der Waals surface area contributed by atoms with Gasteiger partial charge >= 0.3 is 5.97 Å². The lowest BCUT2D eigenvalue weighted by Crippen LogP contribution is -2.28. The zero-order chi connectivity index (χ0) is 21.1. The number of phenols is 1. The van der Waals surface area contributed by atoms with E-state index in [4.69, 9.17) is 9.84 Å². The van der Waals surface area contributed by atoms with E-state index in [-0.39, 0.29) is 17.2 Å². The molecule has 1 aliphatic heterocycles. The quantitative estimate of drug-likeness (QED) is 0.447. The van der Waals surface area contributed by atoms with Gasteiger partial charge in [0.1, 0.15) is 0 Å². The molecule has 1 fully saturated rings. The van der Waals surface area contributed by atoms with Crippen LogP contribution in [0.25, 0.3) is 6.08 Å². The second-order valence-electron chi connectivity index (χ2n) is 5.96. The van der Waals surface area contributed by atoms with Crippen molar-refractivity contribution in [1.82, 2.24) is 4.90 Å². The molecule has 0 bridgehead atoms. The lowest BCUT2D eigenvalue weighted by atomic mass is 10.2. The number of aliphatic imine (C=N–C) groups is 1. The molecule has 1 heterocycles. The van der Waals surface area contributed by atoms with Crippen LogP contribution in [-0.2, 0) is 4.79 Å². The van der Waals surface area contributed by atoms with Gasteiger partial charge in [0, 0.05) is 6.54 Å². The summed E-state index contributed by atoms with van der Waals surface area (Å²) in [5.74, 6) is -0.846. The van der Waals surface area contributed by atoms with Gasteiger partial charge in [-0.3, -0.25) is 9.69 Å². The lowest BCUT2D eigenvalue weighted by Gasteiger charge is -2.12. The number of carbonyl (C=O) groups excluding carboxylic acids is 1. The van der Waals surface area contributed by atoms with Gasteiger partial charge in [-0.25, -0.2) is 9.79 Å². The molecule has 1 aliphatic rings. The number of halogens is 1. The number of amidine groups is 1. The van der Waals surface area contributed by atoms with Crippen molar-refractivity contribution < 1.29 is 24.5 Å². The summed E-state index contributed by atoms with van der Waals surface area (Å²) in [5, 5.41) is 19.6. The van der Waals surface area contributed by atoms with Gasteiger partial charge in [0.25, 0.3) is 5.91 Å². The van der Waals surface area contributed by atoms with E-state index < -0.39 is 5.97 Å². The number of carboxylic acids is 1. The Balaban J connectivity index is 1.97. The number of phenolic OH excluding ortho intramolecular Hbond substituents is 1. The minimum absolute atomic E-state index is 0.0522. The summed E-state index contributed by atoms with van der Waals surface area (Å²) in [7, 11) is 1.46. The van der Waals surface area contributed by atoms with Crippen molar-refractivity contribution in [2.45, 2.75) is 6.92 Å². The Labute approximate surface area is 185 Å². The third-order valence-electron chi connectivity index (χ3n) is 4.09. The molecule has 1 saturated heterocycles. The molecule has 0 unspecified atom stereocenters. The van der Waals surface area contributed by atoms with Crippen molar-refractivity contribution in [2.24, 2.45) is 4.99 Å². The van der Waals surface area contributed by atoms with Crippen molar-refractivity contribution in [2.75, 3.05) is 13.7 Å². The van der Waals surface area contributed by atoms with Gasteiger partial charge in [-0.15, -0.1) is 0 Å². The first-order valence-electron chi connectivity index (χ1n) is 8.54. The Hall–Kier alpha value is -2.53. The SMILES string of the molecule is CCN1C(=O)C(=Cc2cc(I)c(O)c(OC)c2)SC1=Nc1cccc(C(=O)O)c1. The normalized spacial score (nSPS) is 16.7. The summed E-state index contributed by atoms with van der Waals surface area (Å²) in [6, 6.07) is 9.65. The Morgan fingerprint density at radius 3 is 2.76 bits per heavy atom. The Bertz CT molecular complexity index is 1050. The number of nitrogens with zero attached hydrogens (tertiary/aromatic N) is 2. The standard InChI is InChI=1S/C20H17IN2O5S/c1-3-23-18(25)16(9-11-7-14(21)17(24)15(8-11)28-2)29-20(23)22-13-6-4-5-12(10-13)19(26)27/h4-10,24H,3H2,1-2H3,(H,26,27). The Morgan fingerprint density at radius 1 is 1.34 bits per heavy atom. The van der Waals surface area contributed by atoms with Crippen LogP contribution in [0.5, 0.6) is 11.5 Å². The van der Waals surface area contributed by atoms with Crippen LogP contribution in [0, 0.1) is 3.57 Å². The number of aromatic hydroxyl groups is 1. The van der Waals surface area contributed by atoms with E-state index in [1.807, 2.05) is 29.5 Å². The molecule has 3 rings (SSSR count). The fourth-order valence-electron chi connectivity index (χ4n) is 2.67. The molecule has 0 aromatic heterocycles. The number of hydrogen-bond acceptors (Lipinski definition) is 6. The number of ether oxygens (including phenoxy) is 1. The maximum Gasteiger partial charge on any atom is 0.335 e. The average molecular weight is 524 g/mol. The van der Waals surface area contributed by atoms with Gasteiger partial charge in [-0.05, 0) is 83.2 Å². The highest BCUT2D eigenvalue weighted by atomic mass is 127. The number of benzene rings is 2.